The van der Waals surface area contributed by atoms with Gasteiger partial charge in [0, 0.05) is 30.7 Å². The van der Waals surface area contributed by atoms with E-state index >= 15 is 0 Å². The Hall–Kier alpha value is -1.10. The largest absolute Gasteiger partial charge is 0.460 e. The lowest BCUT2D eigenvalue weighted by Crippen LogP contribution is -2.32. The number of ether oxygens (including phenoxy) is 2. The Kier molecular flexibility index (Phi) is 4.58. The number of carbonyl (C=O) groups excluding carboxylic acids is 1. The first-order chi connectivity index (χ1) is 8.70. The summed E-state index contributed by atoms with van der Waals surface area (Å²) >= 11 is 5.99. The molecule has 1 N–H and O–H groups in total. The minimum Gasteiger partial charge on any atom is -0.460 e. The highest BCUT2D eigenvalue weighted by Gasteiger charge is 2.30. The summed E-state index contributed by atoms with van der Waals surface area (Å²) in [5.41, 5.74) is 0.814. The van der Waals surface area contributed by atoms with Crippen LogP contribution in [0.25, 0.3) is 0 Å². The topological polar surface area (TPSA) is 47.6 Å². The summed E-state index contributed by atoms with van der Waals surface area (Å²) in [7, 11) is 1.64. The van der Waals surface area contributed by atoms with E-state index in [1.54, 1.807) is 13.2 Å². The zero-order valence-corrected chi connectivity index (χ0v) is 10.9. The molecule has 1 aliphatic heterocycles. The molecule has 0 aromatic heterocycles. The first-order valence-corrected chi connectivity index (χ1v) is 6.24. The fourth-order valence-electron chi connectivity index (χ4n) is 1.93. The Morgan fingerprint density at radius 3 is 2.94 bits per heavy atom. The smallest absolute Gasteiger partial charge is 0.323 e. The molecule has 1 aliphatic rings. The van der Waals surface area contributed by atoms with Gasteiger partial charge in [0.15, 0.2) is 0 Å². The minimum atomic E-state index is -0.280. The Labute approximate surface area is 111 Å². The van der Waals surface area contributed by atoms with Gasteiger partial charge in [-0.05, 0) is 6.07 Å². The van der Waals surface area contributed by atoms with Crippen molar-refractivity contribution in [2.75, 3.05) is 13.7 Å². The molecule has 1 fully saturated rings. The molecule has 0 saturated carbocycles. The van der Waals surface area contributed by atoms with Gasteiger partial charge < -0.3 is 14.8 Å². The molecule has 0 radical (unpaired) electrons. The number of rotatable bonds is 4. The zero-order valence-electron chi connectivity index (χ0n) is 10.2. The first kappa shape index (κ1) is 13.3. The maximum Gasteiger partial charge on any atom is 0.323 e. The third kappa shape index (κ3) is 3.22. The van der Waals surface area contributed by atoms with Crippen molar-refractivity contribution in [3.63, 3.8) is 0 Å². The summed E-state index contributed by atoms with van der Waals surface area (Å²) in [4.78, 5) is 11.8. The highest BCUT2D eigenvalue weighted by molar-refractivity contribution is 6.31. The first-order valence-electron chi connectivity index (χ1n) is 5.87. The van der Waals surface area contributed by atoms with Crippen molar-refractivity contribution in [1.29, 1.82) is 0 Å². The average Bonchev–Trinajstić information content (AvgIpc) is 2.86. The molecule has 2 atom stereocenters. The number of esters is 1. The predicted octanol–water partition coefficient (Wildman–Crippen LogP) is 1.76. The van der Waals surface area contributed by atoms with Crippen molar-refractivity contribution < 1.29 is 14.3 Å². The molecule has 0 aliphatic carbocycles. The standard InChI is InChI=1S/C13H16ClNO3/c1-17-10-6-12(15-7-10)13(16)18-8-9-4-2-3-5-11(9)14/h2-5,10,12,15H,6-8H2,1H3. The van der Waals surface area contributed by atoms with E-state index in [1.807, 2.05) is 18.2 Å². The Balaban J connectivity index is 1.84. The lowest BCUT2D eigenvalue weighted by molar-refractivity contribution is -0.147. The molecule has 2 rings (SSSR count). The molecular formula is C13H16ClNO3. The number of benzene rings is 1. The van der Waals surface area contributed by atoms with Crippen molar-refractivity contribution in [3.05, 3.63) is 34.9 Å². The second kappa shape index (κ2) is 6.18. The zero-order chi connectivity index (χ0) is 13.0. The molecule has 2 unspecified atom stereocenters. The Bertz CT molecular complexity index is 424. The molecule has 0 bridgehead atoms. The van der Waals surface area contributed by atoms with Gasteiger partial charge in [0.1, 0.15) is 12.6 Å². The third-order valence-electron chi connectivity index (χ3n) is 3.04. The van der Waals surface area contributed by atoms with E-state index in [-0.39, 0.29) is 24.7 Å². The number of methoxy groups -OCH3 is 1. The summed E-state index contributed by atoms with van der Waals surface area (Å²) in [6.07, 6.45) is 0.737. The van der Waals surface area contributed by atoms with E-state index in [0.717, 1.165) is 5.56 Å². The van der Waals surface area contributed by atoms with Crippen LogP contribution in [-0.2, 0) is 20.9 Å². The van der Waals surface area contributed by atoms with Crippen LogP contribution in [-0.4, -0.2) is 31.8 Å². The van der Waals surface area contributed by atoms with E-state index in [4.69, 9.17) is 21.1 Å². The number of halogens is 1. The predicted molar refractivity (Wildman–Crippen MR) is 68.5 cm³/mol. The van der Waals surface area contributed by atoms with E-state index < -0.39 is 0 Å². The van der Waals surface area contributed by atoms with Crippen LogP contribution in [0.1, 0.15) is 12.0 Å². The van der Waals surface area contributed by atoms with Crippen LogP contribution in [0.3, 0.4) is 0 Å². The van der Waals surface area contributed by atoms with Gasteiger partial charge in [-0.3, -0.25) is 4.79 Å². The second-order valence-electron chi connectivity index (χ2n) is 4.25. The molecule has 1 saturated heterocycles. The van der Waals surface area contributed by atoms with Crippen LogP contribution in [0.4, 0.5) is 0 Å². The molecule has 4 nitrogen and oxygen atoms in total. The summed E-state index contributed by atoms with van der Waals surface area (Å²) in [5.74, 6) is -0.255. The normalized spacial score (nSPS) is 23.0. The average molecular weight is 270 g/mol. The minimum absolute atomic E-state index is 0.0860. The van der Waals surface area contributed by atoms with Crippen LogP contribution >= 0.6 is 11.6 Å². The fourth-order valence-corrected chi connectivity index (χ4v) is 2.12. The van der Waals surface area contributed by atoms with Gasteiger partial charge in [-0.2, -0.15) is 0 Å². The maximum atomic E-state index is 11.8. The van der Waals surface area contributed by atoms with Gasteiger partial charge in [0.2, 0.25) is 0 Å². The molecule has 1 aromatic rings. The highest BCUT2D eigenvalue weighted by Crippen LogP contribution is 2.17. The monoisotopic (exact) mass is 269 g/mol. The summed E-state index contributed by atoms with van der Waals surface area (Å²) in [6.45, 7) is 0.886. The van der Waals surface area contributed by atoms with Gasteiger partial charge in [-0.25, -0.2) is 0 Å². The summed E-state index contributed by atoms with van der Waals surface area (Å²) < 4.78 is 10.4. The van der Waals surface area contributed by atoms with Gasteiger partial charge in [-0.15, -0.1) is 0 Å². The third-order valence-corrected chi connectivity index (χ3v) is 3.40. The number of hydrogen-bond acceptors (Lipinski definition) is 4. The van der Waals surface area contributed by atoms with Crippen LogP contribution in [0.15, 0.2) is 24.3 Å². The van der Waals surface area contributed by atoms with Crippen molar-refractivity contribution in [2.45, 2.75) is 25.2 Å². The molecule has 1 heterocycles. The van der Waals surface area contributed by atoms with Gasteiger partial charge >= 0.3 is 5.97 Å². The van der Waals surface area contributed by atoms with Crippen LogP contribution in [0.5, 0.6) is 0 Å². The molecule has 5 heteroatoms. The molecule has 0 spiro atoms. The van der Waals surface area contributed by atoms with Crippen molar-refractivity contribution in [1.82, 2.24) is 5.32 Å². The van der Waals surface area contributed by atoms with E-state index in [2.05, 4.69) is 5.32 Å². The number of hydrogen-bond donors (Lipinski definition) is 1. The Morgan fingerprint density at radius 1 is 1.50 bits per heavy atom. The van der Waals surface area contributed by atoms with Crippen LogP contribution in [0.2, 0.25) is 5.02 Å². The molecular weight excluding hydrogens is 254 g/mol. The van der Waals surface area contributed by atoms with Gasteiger partial charge in [0.25, 0.3) is 0 Å². The quantitative estimate of drug-likeness (QED) is 0.846. The van der Waals surface area contributed by atoms with Gasteiger partial charge in [-0.1, -0.05) is 29.8 Å². The summed E-state index contributed by atoms with van der Waals surface area (Å²) in [5, 5.41) is 3.69. The number of nitrogens with one attached hydrogen (secondary N) is 1. The van der Waals surface area contributed by atoms with Crippen molar-refractivity contribution in [3.8, 4) is 0 Å². The molecule has 18 heavy (non-hydrogen) atoms. The van der Waals surface area contributed by atoms with Crippen molar-refractivity contribution in [2.24, 2.45) is 0 Å². The maximum absolute atomic E-state index is 11.8. The van der Waals surface area contributed by atoms with Crippen molar-refractivity contribution >= 4 is 17.6 Å². The van der Waals surface area contributed by atoms with E-state index in [1.165, 1.54) is 0 Å². The van der Waals surface area contributed by atoms with E-state index in [9.17, 15) is 4.79 Å². The Morgan fingerprint density at radius 2 is 2.28 bits per heavy atom. The molecule has 0 amide bonds. The molecule has 98 valence electrons. The van der Waals surface area contributed by atoms with Gasteiger partial charge in [0.05, 0.1) is 6.10 Å². The highest BCUT2D eigenvalue weighted by atomic mass is 35.5. The number of carbonyl (C=O) groups is 1. The lowest BCUT2D eigenvalue weighted by Gasteiger charge is -2.11. The lowest BCUT2D eigenvalue weighted by atomic mass is 10.2. The molecule has 1 aromatic carbocycles. The van der Waals surface area contributed by atoms with Crippen LogP contribution in [0, 0.1) is 0 Å². The van der Waals surface area contributed by atoms with Crippen LogP contribution < -0.4 is 5.32 Å². The second-order valence-corrected chi connectivity index (χ2v) is 4.66. The summed E-state index contributed by atoms with van der Waals surface area (Å²) in [6, 6.07) is 7.05. The fraction of sp³-hybridized carbons (Fsp3) is 0.462. The SMILES string of the molecule is COC1CNC(C(=O)OCc2ccccc2Cl)C1. The van der Waals surface area contributed by atoms with E-state index in [0.29, 0.717) is 18.0 Å².